The average Bonchev–Trinajstić information content (AvgIpc) is 2.57. The Hall–Kier alpha value is -1.22. The van der Waals surface area contributed by atoms with Crippen LogP contribution in [0.15, 0.2) is 0 Å². The van der Waals surface area contributed by atoms with Crippen molar-refractivity contribution in [2.45, 2.75) is 90.8 Å². The smallest absolute Gasteiger partial charge is 0.101 e. The van der Waals surface area contributed by atoms with Crippen LogP contribution in [-0.4, -0.2) is 61.8 Å². The van der Waals surface area contributed by atoms with E-state index in [2.05, 4.69) is 22.8 Å². The van der Waals surface area contributed by atoms with Crippen LogP contribution in [-0.2, 0) is 14.2 Å². The van der Waals surface area contributed by atoms with Gasteiger partial charge in [-0.15, -0.1) is 0 Å². The van der Waals surface area contributed by atoms with Crippen molar-refractivity contribution in [3.8, 4) is 12.1 Å². The second kappa shape index (κ2) is 12.3. The lowest BCUT2D eigenvalue weighted by Crippen LogP contribution is -2.46. The summed E-state index contributed by atoms with van der Waals surface area (Å²) < 4.78 is 17.2. The third kappa shape index (κ3) is 13.6. The van der Waals surface area contributed by atoms with Crippen molar-refractivity contribution in [3.63, 3.8) is 0 Å². The minimum absolute atomic E-state index is 0.0383. The molecule has 0 amide bonds. The molecule has 0 bridgehead atoms. The molecular weight excluding hydrogens is 344 g/mol. The first-order valence-corrected chi connectivity index (χ1v) is 9.59. The third-order valence-electron chi connectivity index (χ3n) is 3.74. The van der Waals surface area contributed by atoms with Crippen LogP contribution < -0.4 is 10.6 Å². The number of ether oxygens (including phenoxy) is 3. The van der Waals surface area contributed by atoms with E-state index < -0.39 is 11.1 Å². The highest BCUT2D eigenvalue weighted by molar-refractivity contribution is 5.01. The predicted molar refractivity (Wildman–Crippen MR) is 106 cm³/mol. The minimum atomic E-state index is -0.566. The summed E-state index contributed by atoms with van der Waals surface area (Å²) in [7, 11) is 0. The maximum atomic E-state index is 9.03. The fraction of sp³-hybridized carbons (Fsp3) is 0.900. The molecule has 0 saturated heterocycles. The molecule has 0 aromatic heterocycles. The topological polar surface area (TPSA) is 99.3 Å². The van der Waals surface area contributed by atoms with Gasteiger partial charge in [0.15, 0.2) is 0 Å². The van der Waals surface area contributed by atoms with Gasteiger partial charge >= 0.3 is 0 Å². The zero-order chi connectivity index (χ0) is 21.1. The van der Waals surface area contributed by atoms with Gasteiger partial charge in [0.25, 0.3) is 0 Å². The summed E-state index contributed by atoms with van der Waals surface area (Å²) in [6.45, 7) is 17.3. The van der Waals surface area contributed by atoms with Crippen LogP contribution in [0.3, 0.4) is 0 Å². The molecule has 0 aliphatic rings. The molecule has 0 aliphatic heterocycles. The monoisotopic (exact) mass is 382 g/mol. The molecule has 4 atom stereocenters. The standard InChI is InChI=1S/C20H38N4O3/c1-15(23-19(5,6)13-21)9-26-17(3)11-25-12-18(4)27-10-16(2)24-20(7,8)14-22/h15-18,23-24H,9-12H2,1-8H3. The molecule has 2 N–H and O–H groups in total. The lowest BCUT2D eigenvalue weighted by atomic mass is 10.1. The highest BCUT2D eigenvalue weighted by Crippen LogP contribution is 2.05. The summed E-state index contributed by atoms with van der Waals surface area (Å²) in [4.78, 5) is 0. The predicted octanol–water partition coefficient (Wildman–Crippen LogP) is 2.37. The molecule has 0 spiro atoms. The van der Waals surface area contributed by atoms with Gasteiger partial charge < -0.3 is 14.2 Å². The molecule has 156 valence electrons. The Kier molecular flexibility index (Phi) is 11.7. The van der Waals surface area contributed by atoms with E-state index in [4.69, 9.17) is 24.7 Å². The minimum Gasteiger partial charge on any atom is -0.376 e. The summed E-state index contributed by atoms with van der Waals surface area (Å²) >= 11 is 0. The maximum Gasteiger partial charge on any atom is 0.101 e. The van der Waals surface area contributed by atoms with Crippen molar-refractivity contribution >= 4 is 0 Å². The normalized spacial score (nSPS) is 16.8. The molecule has 0 heterocycles. The highest BCUT2D eigenvalue weighted by atomic mass is 16.6. The van der Waals surface area contributed by atoms with Gasteiger partial charge in [-0.2, -0.15) is 10.5 Å². The van der Waals surface area contributed by atoms with Gasteiger partial charge in [0.2, 0.25) is 0 Å². The molecule has 7 heteroatoms. The van der Waals surface area contributed by atoms with Crippen molar-refractivity contribution < 1.29 is 14.2 Å². The second-order valence-electron chi connectivity index (χ2n) is 8.39. The molecule has 0 aromatic carbocycles. The van der Waals surface area contributed by atoms with Crippen LogP contribution >= 0.6 is 0 Å². The zero-order valence-corrected chi connectivity index (χ0v) is 18.3. The first-order valence-electron chi connectivity index (χ1n) is 9.59. The Morgan fingerprint density at radius 1 is 0.704 bits per heavy atom. The van der Waals surface area contributed by atoms with Crippen molar-refractivity contribution in [1.82, 2.24) is 10.6 Å². The number of nitrogens with zero attached hydrogens (tertiary/aromatic N) is 2. The molecule has 7 nitrogen and oxygen atoms in total. The number of hydrogen-bond acceptors (Lipinski definition) is 7. The zero-order valence-electron chi connectivity index (χ0n) is 18.3. The van der Waals surface area contributed by atoms with E-state index in [1.54, 1.807) is 0 Å². The van der Waals surface area contributed by atoms with Crippen molar-refractivity contribution in [1.29, 1.82) is 10.5 Å². The quantitative estimate of drug-likeness (QED) is 0.476. The first-order chi connectivity index (χ1) is 12.4. The van der Waals surface area contributed by atoms with Crippen LogP contribution in [0.5, 0.6) is 0 Å². The van der Waals surface area contributed by atoms with E-state index in [-0.39, 0.29) is 24.3 Å². The average molecular weight is 383 g/mol. The Bertz CT molecular complexity index is 452. The third-order valence-corrected chi connectivity index (χ3v) is 3.74. The van der Waals surface area contributed by atoms with Crippen LogP contribution in [0, 0.1) is 22.7 Å². The Balaban J connectivity index is 3.90. The number of hydrogen-bond donors (Lipinski definition) is 2. The Morgan fingerprint density at radius 2 is 1.04 bits per heavy atom. The van der Waals surface area contributed by atoms with E-state index >= 15 is 0 Å². The SMILES string of the molecule is CC(COC(C)COCC(C)OCC(C)NC(C)(C)C#N)NC(C)(C)C#N. The van der Waals surface area contributed by atoms with E-state index in [1.165, 1.54) is 0 Å². The molecule has 0 rings (SSSR count). The fourth-order valence-corrected chi connectivity index (χ4v) is 2.49. The number of rotatable bonds is 14. The van der Waals surface area contributed by atoms with Gasteiger partial charge in [0, 0.05) is 12.1 Å². The van der Waals surface area contributed by atoms with E-state index in [9.17, 15) is 0 Å². The molecule has 27 heavy (non-hydrogen) atoms. The summed E-state index contributed by atoms with van der Waals surface area (Å²) in [6, 6.07) is 4.59. The molecule has 0 aliphatic carbocycles. The maximum absolute atomic E-state index is 9.03. The molecule has 0 saturated carbocycles. The number of nitrogens with one attached hydrogen (secondary N) is 2. The second-order valence-corrected chi connectivity index (χ2v) is 8.39. The molecule has 0 fully saturated rings. The van der Waals surface area contributed by atoms with E-state index in [0.29, 0.717) is 26.4 Å². The first kappa shape index (κ1) is 25.8. The van der Waals surface area contributed by atoms with Gasteiger partial charge in [-0.3, -0.25) is 10.6 Å². The van der Waals surface area contributed by atoms with Crippen LogP contribution in [0.25, 0.3) is 0 Å². The Morgan fingerprint density at radius 3 is 1.33 bits per heavy atom. The van der Waals surface area contributed by atoms with Crippen LogP contribution in [0.4, 0.5) is 0 Å². The lowest BCUT2D eigenvalue weighted by molar-refractivity contribution is -0.0528. The number of nitriles is 2. The van der Waals surface area contributed by atoms with Crippen LogP contribution in [0.1, 0.15) is 55.4 Å². The van der Waals surface area contributed by atoms with Crippen molar-refractivity contribution in [2.75, 3.05) is 26.4 Å². The molecular formula is C20H38N4O3. The van der Waals surface area contributed by atoms with Gasteiger partial charge in [0.1, 0.15) is 11.1 Å². The van der Waals surface area contributed by atoms with Crippen LogP contribution in [0.2, 0.25) is 0 Å². The van der Waals surface area contributed by atoms with Gasteiger partial charge in [0.05, 0.1) is 50.8 Å². The van der Waals surface area contributed by atoms with E-state index in [0.717, 1.165) is 0 Å². The summed E-state index contributed by atoms with van der Waals surface area (Å²) in [5, 5.41) is 24.5. The van der Waals surface area contributed by atoms with Gasteiger partial charge in [-0.1, -0.05) is 0 Å². The van der Waals surface area contributed by atoms with Gasteiger partial charge in [-0.05, 0) is 55.4 Å². The Labute approximate surface area is 165 Å². The highest BCUT2D eigenvalue weighted by Gasteiger charge is 2.20. The lowest BCUT2D eigenvalue weighted by Gasteiger charge is -2.25. The van der Waals surface area contributed by atoms with E-state index in [1.807, 2.05) is 55.4 Å². The fourth-order valence-electron chi connectivity index (χ4n) is 2.49. The van der Waals surface area contributed by atoms with Gasteiger partial charge in [-0.25, -0.2) is 0 Å². The summed E-state index contributed by atoms with van der Waals surface area (Å²) in [5.41, 5.74) is -1.13. The molecule has 4 unspecified atom stereocenters. The summed E-state index contributed by atoms with van der Waals surface area (Å²) in [5.74, 6) is 0. The largest absolute Gasteiger partial charge is 0.376 e. The summed E-state index contributed by atoms with van der Waals surface area (Å²) in [6.07, 6.45) is -0.0765. The van der Waals surface area contributed by atoms with Crippen molar-refractivity contribution in [3.05, 3.63) is 0 Å². The molecule has 0 radical (unpaired) electrons. The molecule has 0 aromatic rings. The van der Waals surface area contributed by atoms with Crippen molar-refractivity contribution in [2.24, 2.45) is 0 Å².